The van der Waals surface area contributed by atoms with Crippen LogP contribution >= 0.6 is 0 Å². The van der Waals surface area contributed by atoms with Crippen molar-refractivity contribution in [1.82, 2.24) is 0 Å². The molecule has 0 unspecified atom stereocenters. The summed E-state index contributed by atoms with van der Waals surface area (Å²) in [6.07, 6.45) is 0. The van der Waals surface area contributed by atoms with Gasteiger partial charge in [0.25, 0.3) is 0 Å². The Bertz CT molecular complexity index is 2800. The minimum Gasteiger partial charge on any atom is -0.309 e. The van der Waals surface area contributed by atoms with Crippen molar-refractivity contribution in [2.75, 3.05) is 4.90 Å². The fourth-order valence-electron chi connectivity index (χ4n) is 8.28. The van der Waals surface area contributed by atoms with E-state index in [1.54, 1.807) is 0 Å². The highest BCUT2D eigenvalue weighted by Gasteiger charge is 2.22. The molecule has 0 N–H and O–H groups in total. The molecule has 0 saturated heterocycles. The minimum absolute atomic E-state index is 1.14. The number of aryl methyl sites for hydroxylation is 2. The lowest BCUT2D eigenvalue weighted by Gasteiger charge is -2.29. The molecule has 10 aromatic carbocycles. The van der Waals surface area contributed by atoms with Crippen LogP contribution in [0.4, 0.5) is 17.1 Å². The number of benzene rings is 10. The Hall–Kier alpha value is -6.44. The molecule has 1 heteroatoms. The molecule has 0 bridgehead atoms. The largest absolute Gasteiger partial charge is 0.309 e. The summed E-state index contributed by atoms with van der Waals surface area (Å²) in [4.78, 5) is 2.44. The lowest BCUT2D eigenvalue weighted by atomic mass is 9.87. The molecular weight excluding hydrogens is 615 g/mol. The molecule has 0 aromatic heterocycles. The summed E-state index contributed by atoms with van der Waals surface area (Å²) in [6, 6.07) is 65.2. The molecule has 240 valence electrons. The molecule has 51 heavy (non-hydrogen) atoms. The zero-order valence-electron chi connectivity index (χ0n) is 28.7. The maximum atomic E-state index is 2.44. The Morgan fingerprint density at radius 3 is 1.45 bits per heavy atom. The predicted octanol–water partition coefficient (Wildman–Crippen LogP) is 14.3. The predicted molar refractivity (Wildman–Crippen MR) is 220 cm³/mol. The maximum absolute atomic E-state index is 2.44. The molecular formula is C50H35N. The smallest absolute Gasteiger partial charge is 0.0618 e. The molecule has 0 heterocycles. The van der Waals surface area contributed by atoms with Gasteiger partial charge in [0, 0.05) is 22.1 Å². The Morgan fingerprint density at radius 2 is 0.843 bits per heavy atom. The molecule has 0 saturated carbocycles. The van der Waals surface area contributed by atoms with Crippen molar-refractivity contribution in [2.45, 2.75) is 13.8 Å². The quantitative estimate of drug-likeness (QED) is 0.132. The van der Waals surface area contributed by atoms with E-state index in [9.17, 15) is 0 Å². The molecule has 0 fully saturated rings. The van der Waals surface area contributed by atoms with E-state index >= 15 is 0 Å². The standard InChI is InChI=1S/C50H35N/c1-32-17-25-39(26-18-32)51(40-27-19-33(2)20-28-40)50-45-15-5-3-13-42(45)48(43-14-4-6-16-46(43)50)38-12-8-11-37(31-38)41-29-23-36-22-21-34-9-7-10-35-24-30-44(41)49(36)47(34)35/h3-31H,1-2H3. The van der Waals surface area contributed by atoms with Gasteiger partial charge in [0.2, 0.25) is 0 Å². The van der Waals surface area contributed by atoms with Crippen LogP contribution in [0.2, 0.25) is 0 Å². The van der Waals surface area contributed by atoms with Gasteiger partial charge in [-0.3, -0.25) is 0 Å². The van der Waals surface area contributed by atoms with E-state index < -0.39 is 0 Å². The highest BCUT2D eigenvalue weighted by Crippen LogP contribution is 2.49. The van der Waals surface area contributed by atoms with Crippen molar-refractivity contribution in [1.29, 1.82) is 0 Å². The van der Waals surface area contributed by atoms with Crippen LogP contribution < -0.4 is 4.90 Å². The van der Waals surface area contributed by atoms with Crippen LogP contribution in [-0.2, 0) is 0 Å². The van der Waals surface area contributed by atoms with Crippen LogP contribution in [0.25, 0.3) is 76.1 Å². The zero-order chi connectivity index (χ0) is 34.1. The number of fused-ring (bicyclic) bond motifs is 2. The number of hydrogen-bond acceptors (Lipinski definition) is 1. The molecule has 1 nitrogen and oxygen atoms in total. The maximum Gasteiger partial charge on any atom is 0.0618 e. The van der Waals surface area contributed by atoms with Crippen LogP contribution in [-0.4, -0.2) is 0 Å². The van der Waals surface area contributed by atoms with Gasteiger partial charge in [0.05, 0.1) is 5.69 Å². The van der Waals surface area contributed by atoms with Crippen LogP contribution in [0.15, 0.2) is 176 Å². The fraction of sp³-hybridized carbons (Fsp3) is 0.0400. The molecule has 0 aliphatic heterocycles. The monoisotopic (exact) mass is 649 g/mol. The average molecular weight is 650 g/mol. The molecule has 0 aliphatic rings. The summed E-state index contributed by atoms with van der Waals surface area (Å²) in [5, 5.41) is 12.8. The van der Waals surface area contributed by atoms with Gasteiger partial charge < -0.3 is 4.90 Å². The Balaban J connectivity index is 1.23. The summed E-state index contributed by atoms with van der Waals surface area (Å²) in [5.74, 6) is 0. The van der Waals surface area contributed by atoms with E-state index in [1.807, 2.05) is 0 Å². The van der Waals surface area contributed by atoms with Crippen LogP contribution in [0.1, 0.15) is 11.1 Å². The Labute approximate surface area is 298 Å². The number of nitrogens with zero attached hydrogens (tertiary/aromatic N) is 1. The lowest BCUT2D eigenvalue weighted by Crippen LogP contribution is -2.11. The highest BCUT2D eigenvalue weighted by atomic mass is 15.1. The van der Waals surface area contributed by atoms with Crippen molar-refractivity contribution in [3.8, 4) is 22.3 Å². The van der Waals surface area contributed by atoms with Gasteiger partial charge in [-0.05, 0) is 110 Å². The first-order valence-corrected chi connectivity index (χ1v) is 17.8. The van der Waals surface area contributed by atoms with Crippen molar-refractivity contribution >= 4 is 70.9 Å². The van der Waals surface area contributed by atoms with Crippen LogP contribution in [0.5, 0.6) is 0 Å². The van der Waals surface area contributed by atoms with Crippen LogP contribution in [0, 0.1) is 13.8 Å². The summed E-state index contributed by atoms with van der Waals surface area (Å²) in [5.41, 5.74) is 10.9. The third-order valence-corrected chi connectivity index (χ3v) is 10.7. The first kappa shape index (κ1) is 29.5. The van der Waals surface area contributed by atoms with Gasteiger partial charge in [0.1, 0.15) is 0 Å². The molecule has 0 aliphatic carbocycles. The molecule has 0 amide bonds. The van der Waals surface area contributed by atoms with E-state index in [4.69, 9.17) is 0 Å². The summed E-state index contributed by atoms with van der Waals surface area (Å²) in [7, 11) is 0. The van der Waals surface area contributed by atoms with Gasteiger partial charge in [-0.25, -0.2) is 0 Å². The molecule has 10 rings (SSSR count). The SMILES string of the molecule is Cc1ccc(N(c2ccc(C)cc2)c2c3ccccc3c(-c3cccc(-c4ccc5ccc6cccc7ccc4c5c67)c3)c3ccccc23)cc1. The summed E-state index contributed by atoms with van der Waals surface area (Å²) >= 11 is 0. The van der Waals surface area contributed by atoms with Crippen molar-refractivity contribution < 1.29 is 0 Å². The Morgan fingerprint density at radius 1 is 0.353 bits per heavy atom. The number of rotatable bonds is 5. The average Bonchev–Trinajstić information content (AvgIpc) is 3.18. The van der Waals surface area contributed by atoms with Crippen molar-refractivity contribution in [2.24, 2.45) is 0 Å². The van der Waals surface area contributed by atoms with Crippen molar-refractivity contribution in [3.63, 3.8) is 0 Å². The van der Waals surface area contributed by atoms with Gasteiger partial charge in [-0.2, -0.15) is 0 Å². The van der Waals surface area contributed by atoms with Crippen molar-refractivity contribution in [3.05, 3.63) is 187 Å². The van der Waals surface area contributed by atoms with E-state index in [-0.39, 0.29) is 0 Å². The van der Waals surface area contributed by atoms with E-state index in [0.29, 0.717) is 0 Å². The van der Waals surface area contributed by atoms with Gasteiger partial charge in [-0.1, -0.05) is 157 Å². The highest BCUT2D eigenvalue weighted by molar-refractivity contribution is 6.26. The zero-order valence-corrected chi connectivity index (χ0v) is 28.7. The lowest BCUT2D eigenvalue weighted by molar-refractivity contribution is 1.29. The summed E-state index contributed by atoms with van der Waals surface area (Å²) < 4.78 is 0. The molecule has 0 spiro atoms. The van der Waals surface area contributed by atoms with Gasteiger partial charge >= 0.3 is 0 Å². The van der Waals surface area contributed by atoms with Crippen LogP contribution in [0.3, 0.4) is 0 Å². The van der Waals surface area contributed by atoms with Gasteiger partial charge in [0.15, 0.2) is 0 Å². The van der Waals surface area contributed by atoms with E-state index in [0.717, 1.165) is 11.4 Å². The summed E-state index contributed by atoms with van der Waals surface area (Å²) in [6.45, 7) is 4.30. The molecule has 10 aromatic rings. The third-order valence-electron chi connectivity index (χ3n) is 10.7. The fourth-order valence-corrected chi connectivity index (χ4v) is 8.28. The minimum atomic E-state index is 1.14. The third kappa shape index (κ3) is 4.70. The van der Waals surface area contributed by atoms with E-state index in [1.165, 1.54) is 92.9 Å². The first-order valence-electron chi connectivity index (χ1n) is 17.8. The second-order valence-corrected chi connectivity index (χ2v) is 13.9. The van der Waals surface area contributed by atoms with E-state index in [2.05, 4.69) is 195 Å². The molecule has 0 atom stereocenters. The first-order chi connectivity index (χ1) is 25.1. The Kier molecular flexibility index (Phi) is 6.69. The molecule has 0 radical (unpaired) electrons. The topological polar surface area (TPSA) is 3.24 Å². The second kappa shape index (κ2) is 11.6. The number of anilines is 3. The van der Waals surface area contributed by atoms with Gasteiger partial charge in [-0.15, -0.1) is 0 Å². The number of hydrogen-bond donors (Lipinski definition) is 0. The normalized spacial score (nSPS) is 11.7. The second-order valence-electron chi connectivity index (χ2n) is 13.9.